The van der Waals surface area contributed by atoms with Crippen LogP contribution in [-0.4, -0.2) is 20.9 Å². The molecule has 7 heteroatoms. The van der Waals surface area contributed by atoms with E-state index in [9.17, 15) is 13.2 Å². The molecule has 1 heterocycles. The van der Waals surface area contributed by atoms with Crippen LogP contribution >= 0.6 is 11.6 Å². The molecule has 0 radical (unpaired) electrons. The van der Waals surface area contributed by atoms with Crippen LogP contribution in [0, 0.1) is 0 Å². The summed E-state index contributed by atoms with van der Waals surface area (Å²) in [7, 11) is 0. The van der Waals surface area contributed by atoms with Gasteiger partial charge in [0.1, 0.15) is 0 Å². The van der Waals surface area contributed by atoms with Crippen molar-refractivity contribution in [3.63, 3.8) is 0 Å². The highest BCUT2D eigenvalue weighted by Gasteiger charge is 2.29. The summed E-state index contributed by atoms with van der Waals surface area (Å²) in [5.41, 5.74) is 0.843. The van der Waals surface area contributed by atoms with Crippen LogP contribution in [0.1, 0.15) is 16.8 Å². The van der Waals surface area contributed by atoms with Crippen LogP contribution < -0.4 is 0 Å². The molecule has 0 saturated carbocycles. The molecule has 19 heavy (non-hydrogen) atoms. The van der Waals surface area contributed by atoms with Crippen LogP contribution in [0.3, 0.4) is 0 Å². The Morgan fingerprint density at radius 3 is 2.42 bits per heavy atom. The monoisotopic (exact) mass is 289 g/mol. The average molecular weight is 290 g/mol. The predicted molar refractivity (Wildman–Crippen MR) is 65.0 cm³/mol. The van der Waals surface area contributed by atoms with Crippen molar-refractivity contribution in [1.29, 1.82) is 0 Å². The van der Waals surface area contributed by atoms with E-state index in [1.165, 1.54) is 12.1 Å². The lowest BCUT2D eigenvalue weighted by Crippen LogP contribution is -2.05. The van der Waals surface area contributed by atoms with Gasteiger partial charge in [0, 0.05) is 18.5 Å². The molecule has 0 aliphatic rings. The maximum atomic E-state index is 12.4. The molecule has 3 nitrogen and oxygen atoms in total. The van der Waals surface area contributed by atoms with Gasteiger partial charge in [-0.15, -0.1) is 16.7 Å². The van der Waals surface area contributed by atoms with Gasteiger partial charge < -0.3 is 0 Å². The second-order valence-corrected chi connectivity index (χ2v) is 4.42. The molecule has 0 bridgehead atoms. The van der Waals surface area contributed by atoms with Gasteiger partial charge in [0.15, 0.2) is 0 Å². The first kappa shape index (κ1) is 13.9. The number of aromatic nitrogens is 3. The average Bonchev–Trinajstić information content (AvgIpc) is 2.77. The van der Waals surface area contributed by atoms with E-state index in [4.69, 9.17) is 11.6 Å². The highest BCUT2D eigenvalue weighted by Crippen LogP contribution is 2.29. The van der Waals surface area contributed by atoms with Crippen molar-refractivity contribution >= 4 is 11.6 Å². The first-order valence-electron chi connectivity index (χ1n) is 5.60. The second kappa shape index (κ2) is 5.61. The number of aryl methyl sites for hydroxylation is 1. The molecule has 0 spiro atoms. The van der Waals surface area contributed by atoms with Crippen LogP contribution in [0.15, 0.2) is 30.5 Å². The summed E-state index contributed by atoms with van der Waals surface area (Å²) in [5.74, 6) is 0.457. The highest BCUT2D eigenvalue weighted by atomic mass is 35.5. The Balaban J connectivity index is 2.06. The summed E-state index contributed by atoms with van der Waals surface area (Å²) in [6.45, 7) is 0.382. The lowest BCUT2D eigenvalue weighted by molar-refractivity contribution is -0.137. The minimum atomic E-state index is -4.31. The van der Waals surface area contributed by atoms with Crippen LogP contribution in [0.4, 0.5) is 13.2 Å². The predicted octanol–water partition coefficient (Wildman–Crippen LogP) is 3.13. The largest absolute Gasteiger partial charge is 0.416 e. The summed E-state index contributed by atoms with van der Waals surface area (Å²) in [4.78, 5) is 0. The van der Waals surface area contributed by atoms with Crippen LogP contribution in [0.5, 0.6) is 0 Å². The molecule has 1 aromatic carbocycles. The van der Waals surface area contributed by atoms with E-state index in [1.54, 1.807) is 10.9 Å². The third kappa shape index (κ3) is 3.70. The normalized spacial score (nSPS) is 11.8. The van der Waals surface area contributed by atoms with E-state index in [0.29, 0.717) is 18.8 Å². The number of alkyl halides is 4. The first-order valence-corrected chi connectivity index (χ1v) is 6.13. The topological polar surface area (TPSA) is 30.7 Å². The molecule has 0 fully saturated rings. The first-order chi connectivity index (χ1) is 8.99. The van der Waals surface area contributed by atoms with Crippen molar-refractivity contribution in [3.05, 3.63) is 47.3 Å². The molecule has 102 valence electrons. The summed E-state index contributed by atoms with van der Waals surface area (Å²) < 4.78 is 38.8. The van der Waals surface area contributed by atoms with Crippen molar-refractivity contribution in [1.82, 2.24) is 15.0 Å². The standard InChI is InChI=1S/C12H11ClF3N3/c13-6-5-11-8-19(18-17-11)7-9-1-3-10(4-2-9)12(14,15)16/h1-4,8H,5-7H2. The fraction of sp³-hybridized carbons (Fsp3) is 0.333. The van der Waals surface area contributed by atoms with Gasteiger partial charge in [0.2, 0.25) is 0 Å². The minimum Gasteiger partial charge on any atom is -0.248 e. The summed E-state index contributed by atoms with van der Waals surface area (Å²) >= 11 is 5.58. The van der Waals surface area contributed by atoms with Crippen molar-refractivity contribution in [2.45, 2.75) is 19.1 Å². The maximum Gasteiger partial charge on any atom is 0.416 e. The molecule has 0 aliphatic heterocycles. The van der Waals surface area contributed by atoms with Gasteiger partial charge in [0.05, 0.1) is 17.8 Å². The Morgan fingerprint density at radius 1 is 1.16 bits per heavy atom. The Labute approximate surface area is 113 Å². The molecular weight excluding hydrogens is 279 g/mol. The van der Waals surface area contributed by atoms with Crippen molar-refractivity contribution in [3.8, 4) is 0 Å². The smallest absolute Gasteiger partial charge is 0.248 e. The number of halogens is 4. The Morgan fingerprint density at radius 2 is 1.84 bits per heavy atom. The number of nitrogens with zero attached hydrogens (tertiary/aromatic N) is 3. The Kier molecular flexibility index (Phi) is 4.09. The van der Waals surface area contributed by atoms with Gasteiger partial charge in [0.25, 0.3) is 0 Å². The lowest BCUT2D eigenvalue weighted by atomic mass is 10.1. The number of benzene rings is 1. The van der Waals surface area contributed by atoms with Crippen molar-refractivity contribution in [2.75, 3.05) is 5.88 Å². The van der Waals surface area contributed by atoms with E-state index in [1.807, 2.05) is 0 Å². The molecule has 0 saturated heterocycles. The van der Waals surface area contributed by atoms with Crippen molar-refractivity contribution < 1.29 is 13.2 Å². The fourth-order valence-electron chi connectivity index (χ4n) is 1.61. The molecule has 0 N–H and O–H groups in total. The van der Waals surface area contributed by atoms with Crippen molar-refractivity contribution in [2.24, 2.45) is 0 Å². The van der Waals surface area contributed by atoms with E-state index in [2.05, 4.69) is 10.3 Å². The van der Waals surface area contributed by atoms with Gasteiger partial charge in [-0.2, -0.15) is 13.2 Å². The lowest BCUT2D eigenvalue weighted by Gasteiger charge is -2.07. The molecule has 0 amide bonds. The van der Waals surface area contributed by atoms with E-state index in [-0.39, 0.29) is 0 Å². The molecule has 2 rings (SSSR count). The Hall–Kier alpha value is -1.56. The molecular formula is C12H11ClF3N3. The van der Waals surface area contributed by atoms with Crippen LogP contribution in [0.25, 0.3) is 0 Å². The molecule has 0 aliphatic carbocycles. The van der Waals surface area contributed by atoms with E-state index >= 15 is 0 Å². The number of rotatable bonds is 4. The summed E-state index contributed by atoms with van der Waals surface area (Å²) in [5, 5.41) is 7.79. The third-order valence-electron chi connectivity index (χ3n) is 2.56. The summed E-state index contributed by atoms with van der Waals surface area (Å²) in [6.07, 6.45) is -1.95. The zero-order valence-electron chi connectivity index (χ0n) is 9.86. The van der Waals surface area contributed by atoms with Gasteiger partial charge in [-0.05, 0) is 17.7 Å². The van der Waals surface area contributed by atoms with Gasteiger partial charge in [-0.3, -0.25) is 0 Å². The minimum absolute atomic E-state index is 0.382. The SMILES string of the molecule is FC(F)(F)c1ccc(Cn2cc(CCCl)nn2)cc1. The molecule has 0 atom stereocenters. The maximum absolute atomic E-state index is 12.4. The van der Waals surface area contributed by atoms with Gasteiger partial charge in [-0.1, -0.05) is 17.3 Å². The quantitative estimate of drug-likeness (QED) is 0.810. The Bertz CT molecular complexity index is 534. The van der Waals surface area contributed by atoms with Gasteiger partial charge in [-0.25, -0.2) is 4.68 Å². The third-order valence-corrected chi connectivity index (χ3v) is 2.75. The van der Waals surface area contributed by atoms with E-state index < -0.39 is 11.7 Å². The number of hydrogen-bond donors (Lipinski definition) is 0. The second-order valence-electron chi connectivity index (χ2n) is 4.04. The zero-order chi connectivity index (χ0) is 13.9. The molecule has 0 unspecified atom stereocenters. The highest BCUT2D eigenvalue weighted by molar-refractivity contribution is 6.17. The molecule has 2 aromatic rings. The fourth-order valence-corrected chi connectivity index (χ4v) is 1.81. The molecule has 1 aromatic heterocycles. The number of hydrogen-bond acceptors (Lipinski definition) is 2. The van der Waals surface area contributed by atoms with Crippen LogP contribution in [-0.2, 0) is 19.1 Å². The van der Waals surface area contributed by atoms with Gasteiger partial charge >= 0.3 is 6.18 Å². The van der Waals surface area contributed by atoms with Crippen LogP contribution in [0.2, 0.25) is 0 Å². The zero-order valence-corrected chi connectivity index (χ0v) is 10.6. The van der Waals surface area contributed by atoms with E-state index in [0.717, 1.165) is 23.4 Å². The summed E-state index contributed by atoms with van der Waals surface area (Å²) in [6, 6.07) is 5.00.